The molecule has 0 radical (unpaired) electrons. The topological polar surface area (TPSA) is 79.2 Å². The number of rotatable bonds is 7. The number of amides is 1. The molecule has 6 nitrogen and oxygen atoms in total. The number of carbonyl (C=O) groups is 1. The largest absolute Gasteiger partial charge is 0.394 e. The molecule has 0 atom stereocenters. The van der Waals surface area contributed by atoms with Gasteiger partial charge in [0.2, 0.25) is 5.91 Å². The second kappa shape index (κ2) is 6.85. The highest BCUT2D eigenvalue weighted by molar-refractivity contribution is 5.91. The number of anilines is 1. The van der Waals surface area contributed by atoms with Crippen molar-refractivity contribution in [3.05, 3.63) is 12.3 Å². The highest BCUT2D eigenvalue weighted by Crippen LogP contribution is 2.28. The van der Waals surface area contributed by atoms with E-state index in [0.29, 0.717) is 0 Å². The first-order valence-corrected chi connectivity index (χ1v) is 7.37. The van der Waals surface area contributed by atoms with E-state index in [2.05, 4.69) is 22.7 Å². The minimum absolute atomic E-state index is 0.0913. The Bertz CT molecular complexity index is 438. The van der Waals surface area contributed by atoms with Crippen molar-refractivity contribution >= 4 is 11.7 Å². The van der Waals surface area contributed by atoms with Gasteiger partial charge in [-0.3, -0.25) is 4.79 Å². The highest BCUT2D eigenvalue weighted by Gasteiger charge is 2.32. The first-order valence-electron chi connectivity index (χ1n) is 7.37. The molecule has 0 unspecified atom stereocenters. The molecule has 1 fully saturated rings. The van der Waals surface area contributed by atoms with Gasteiger partial charge >= 0.3 is 0 Å². The van der Waals surface area contributed by atoms with Crippen molar-refractivity contribution < 1.29 is 9.90 Å². The molecule has 1 aliphatic rings. The van der Waals surface area contributed by atoms with Crippen LogP contribution in [0.4, 0.5) is 5.82 Å². The fourth-order valence-corrected chi connectivity index (χ4v) is 2.73. The van der Waals surface area contributed by atoms with Gasteiger partial charge in [0, 0.05) is 18.2 Å². The van der Waals surface area contributed by atoms with Crippen molar-refractivity contribution in [1.29, 1.82) is 0 Å². The predicted octanol–water partition coefficient (Wildman–Crippen LogP) is 1.13. The van der Waals surface area contributed by atoms with Gasteiger partial charge in [-0.2, -0.15) is 5.10 Å². The molecule has 0 aromatic carbocycles. The SMILES string of the molecule is CCCn1nccc1NC(=O)CNC1(CO)CCCC1. The lowest BCUT2D eigenvalue weighted by Gasteiger charge is -2.27. The van der Waals surface area contributed by atoms with Gasteiger partial charge in [-0.25, -0.2) is 4.68 Å². The molecule has 6 heteroatoms. The molecule has 3 N–H and O–H groups in total. The number of aromatic nitrogens is 2. The maximum absolute atomic E-state index is 12.0. The Balaban J connectivity index is 1.84. The summed E-state index contributed by atoms with van der Waals surface area (Å²) in [7, 11) is 0. The molecule has 112 valence electrons. The van der Waals surface area contributed by atoms with Gasteiger partial charge in [-0.1, -0.05) is 19.8 Å². The van der Waals surface area contributed by atoms with Crippen LogP contribution in [0.2, 0.25) is 0 Å². The third kappa shape index (κ3) is 3.58. The van der Waals surface area contributed by atoms with E-state index in [9.17, 15) is 9.90 Å². The third-order valence-electron chi connectivity index (χ3n) is 3.91. The Kier molecular flexibility index (Phi) is 5.14. The minimum Gasteiger partial charge on any atom is -0.394 e. The molecule has 2 rings (SSSR count). The number of nitrogens with zero attached hydrogens (tertiary/aromatic N) is 2. The number of nitrogens with one attached hydrogen (secondary N) is 2. The zero-order valence-corrected chi connectivity index (χ0v) is 12.1. The Labute approximate surface area is 119 Å². The molecule has 1 saturated carbocycles. The molecule has 0 spiro atoms. The van der Waals surface area contributed by atoms with Crippen LogP contribution in [0, 0.1) is 0 Å². The Hall–Kier alpha value is -1.40. The minimum atomic E-state index is -0.263. The smallest absolute Gasteiger partial charge is 0.239 e. The summed E-state index contributed by atoms with van der Waals surface area (Å²) in [5, 5.41) is 19.7. The lowest BCUT2D eigenvalue weighted by molar-refractivity contribution is -0.115. The first kappa shape index (κ1) is 15.0. The lowest BCUT2D eigenvalue weighted by atomic mass is 9.99. The van der Waals surface area contributed by atoms with Gasteiger partial charge in [0.1, 0.15) is 5.82 Å². The number of carbonyl (C=O) groups excluding carboxylic acids is 1. The number of aliphatic hydroxyl groups excluding tert-OH is 1. The molecule has 1 aromatic rings. The first-order chi connectivity index (χ1) is 9.69. The monoisotopic (exact) mass is 280 g/mol. The maximum Gasteiger partial charge on any atom is 0.239 e. The van der Waals surface area contributed by atoms with Gasteiger partial charge in [0.05, 0.1) is 19.3 Å². The summed E-state index contributed by atoms with van der Waals surface area (Å²) in [6.07, 6.45) is 6.74. The third-order valence-corrected chi connectivity index (χ3v) is 3.91. The summed E-state index contributed by atoms with van der Waals surface area (Å²) in [6.45, 7) is 3.17. The summed E-state index contributed by atoms with van der Waals surface area (Å²) < 4.78 is 1.79. The van der Waals surface area contributed by atoms with Crippen molar-refractivity contribution in [2.75, 3.05) is 18.5 Å². The Morgan fingerprint density at radius 3 is 2.90 bits per heavy atom. The second-order valence-electron chi connectivity index (χ2n) is 5.49. The van der Waals surface area contributed by atoms with Crippen LogP contribution < -0.4 is 10.6 Å². The molecular weight excluding hydrogens is 256 g/mol. The molecular formula is C14H24N4O2. The number of hydrogen-bond donors (Lipinski definition) is 3. The number of hydrogen-bond acceptors (Lipinski definition) is 4. The summed E-state index contributed by atoms with van der Waals surface area (Å²) in [5.74, 6) is 0.630. The fraction of sp³-hybridized carbons (Fsp3) is 0.714. The number of aliphatic hydroxyl groups is 1. The van der Waals surface area contributed by atoms with Gasteiger partial charge in [-0.15, -0.1) is 0 Å². The summed E-state index contributed by atoms with van der Waals surface area (Å²) in [4.78, 5) is 12.0. The predicted molar refractivity (Wildman–Crippen MR) is 77.4 cm³/mol. The van der Waals surface area contributed by atoms with E-state index in [4.69, 9.17) is 0 Å². The van der Waals surface area contributed by atoms with E-state index in [1.807, 2.05) is 0 Å². The molecule has 1 heterocycles. The van der Waals surface area contributed by atoms with Crippen molar-refractivity contribution in [3.8, 4) is 0 Å². The van der Waals surface area contributed by atoms with E-state index in [0.717, 1.165) is 44.5 Å². The Morgan fingerprint density at radius 1 is 1.50 bits per heavy atom. The van der Waals surface area contributed by atoms with Gasteiger partial charge in [0.15, 0.2) is 0 Å². The van der Waals surface area contributed by atoms with Crippen molar-refractivity contribution in [2.24, 2.45) is 0 Å². The molecule has 0 aliphatic heterocycles. The van der Waals surface area contributed by atoms with Crippen LogP contribution in [0.25, 0.3) is 0 Å². The number of aryl methyl sites for hydroxylation is 1. The van der Waals surface area contributed by atoms with Crippen LogP contribution in [-0.2, 0) is 11.3 Å². The van der Waals surface area contributed by atoms with Crippen LogP contribution in [0.15, 0.2) is 12.3 Å². The van der Waals surface area contributed by atoms with E-state index in [-0.39, 0.29) is 24.6 Å². The zero-order chi connectivity index (χ0) is 14.4. The van der Waals surface area contributed by atoms with Crippen molar-refractivity contribution in [1.82, 2.24) is 15.1 Å². The lowest BCUT2D eigenvalue weighted by Crippen LogP contribution is -2.49. The van der Waals surface area contributed by atoms with Crippen LogP contribution >= 0.6 is 0 Å². The highest BCUT2D eigenvalue weighted by atomic mass is 16.3. The quantitative estimate of drug-likeness (QED) is 0.699. The van der Waals surface area contributed by atoms with Crippen molar-refractivity contribution in [2.45, 2.75) is 51.1 Å². The van der Waals surface area contributed by atoms with Gasteiger partial charge < -0.3 is 15.7 Å². The average Bonchev–Trinajstić information content (AvgIpc) is 3.08. The summed E-state index contributed by atoms with van der Waals surface area (Å²) in [6, 6.07) is 1.80. The van der Waals surface area contributed by atoms with E-state index in [1.54, 1.807) is 16.9 Å². The zero-order valence-electron chi connectivity index (χ0n) is 12.1. The van der Waals surface area contributed by atoms with Crippen LogP contribution in [0.5, 0.6) is 0 Å². The van der Waals surface area contributed by atoms with Crippen molar-refractivity contribution in [3.63, 3.8) is 0 Å². The maximum atomic E-state index is 12.0. The summed E-state index contributed by atoms with van der Waals surface area (Å²) >= 11 is 0. The van der Waals surface area contributed by atoms with E-state index < -0.39 is 0 Å². The van der Waals surface area contributed by atoms with Crippen LogP contribution in [0.1, 0.15) is 39.0 Å². The molecule has 1 aromatic heterocycles. The summed E-state index contributed by atoms with van der Waals surface area (Å²) in [5.41, 5.74) is -0.263. The fourth-order valence-electron chi connectivity index (χ4n) is 2.73. The normalized spacial score (nSPS) is 17.3. The average molecular weight is 280 g/mol. The standard InChI is InChI=1S/C14H24N4O2/c1-2-9-18-12(5-8-16-18)17-13(20)10-15-14(11-19)6-3-4-7-14/h5,8,15,19H,2-4,6-7,9-11H2,1H3,(H,17,20). The molecule has 1 amide bonds. The molecule has 1 aliphatic carbocycles. The Morgan fingerprint density at radius 2 is 2.25 bits per heavy atom. The van der Waals surface area contributed by atoms with Crippen LogP contribution in [-0.4, -0.2) is 39.5 Å². The second-order valence-corrected chi connectivity index (χ2v) is 5.49. The molecule has 0 bridgehead atoms. The molecule has 20 heavy (non-hydrogen) atoms. The van der Waals surface area contributed by atoms with Crippen LogP contribution in [0.3, 0.4) is 0 Å². The van der Waals surface area contributed by atoms with E-state index in [1.165, 1.54) is 0 Å². The van der Waals surface area contributed by atoms with E-state index >= 15 is 0 Å². The van der Waals surface area contributed by atoms with Gasteiger partial charge in [0.25, 0.3) is 0 Å². The molecule has 0 saturated heterocycles. The van der Waals surface area contributed by atoms with Gasteiger partial charge in [-0.05, 0) is 19.3 Å².